The SMILES string of the molecule is COC(CNC(=O)c1cccc(OC(F)F)c1)c1ccccc1. The third-order valence-electron chi connectivity index (χ3n) is 3.23. The third-order valence-corrected chi connectivity index (χ3v) is 3.23. The van der Waals surface area contributed by atoms with Gasteiger partial charge in [-0.05, 0) is 23.8 Å². The highest BCUT2D eigenvalue weighted by atomic mass is 19.3. The summed E-state index contributed by atoms with van der Waals surface area (Å²) < 4.78 is 34.0. The average molecular weight is 321 g/mol. The summed E-state index contributed by atoms with van der Waals surface area (Å²) in [6, 6.07) is 15.1. The maximum absolute atomic E-state index is 12.2. The molecule has 1 unspecified atom stereocenters. The molecule has 0 radical (unpaired) electrons. The summed E-state index contributed by atoms with van der Waals surface area (Å²) in [6.45, 7) is -2.66. The highest BCUT2D eigenvalue weighted by Gasteiger charge is 2.14. The van der Waals surface area contributed by atoms with Gasteiger partial charge in [0.25, 0.3) is 5.91 Å². The Bertz CT molecular complexity index is 635. The Kier molecular flexibility index (Phi) is 6.05. The zero-order valence-corrected chi connectivity index (χ0v) is 12.5. The van der Waals surface area contributed by atoms with Crippen LogP contribution in [0.15, 0.2) is 54.6 Å². The summed E-state index contributed by atoms with van der Waals surface area (Å²) in [5.74, 6) is -0.443. The normalized spacial score (nSPS) is 12.0. The Morgan fingerprint density at radius 1 is 1.13 bits per heavy atom. The number of amides is 1. The van der Waals surface area contributed by atoms with E-state index in [1.807, 2.05) is 30.3 Å². The number of halogens is 2. The molecule has 2 rings (SSSR count). The van der Waals surface area contributed by atoms with E-state index >= 15 is 0 Å². The Morgan fingerprint density at radius 2 is 1.87 bits per heavy atom. The number of hydrogen-bond acceptors (Lipinski definition) is 3. The smallest absolute Gasteiger partial charge is 0.387 e. The van der Waals surface area contributed by atoms with Crippen molar-refractivity contribution in [1.82, 2.24) is 5.32 Å². The van der Waals surface area contributed by atoms with Crippen LogP contribution in [0.5, 0.6) is 5.75 Å². The van der Waals surface area contributed by atoms with Crippen LogP contribution in [0.2, 0.25) is 0 Å². The maximum Gasteiger partial charge on any atom is 0.387 e. The number of nitrogens with one attached hydrogen (secondary N) is 1. The molecule has 23 heavy (non-hydrogen) atoms. The lowest BCUT2D eigenvalue weighted by atomic mass is 10.1. The third kappa shape index (κ3) is 5.03. The van der Waals surface area contributed by atoms with Crippen molar-refractivity contribution in [3.8, 4) is 5.75 Å². The largest absolute Gasteiger partial charge is 0.435 e. The van der Waals surface area contributed by atoms with Gasteiger partial charge in [-0.3, -0.25) is 4.79 Å². The van der Waals surface area contributed by atoms with Crippen molar-refractivity contribution >= 4 is 5.91 Å². The fourth-order valence-electron chi connectivity index (χ4n) is 2.11. The van der Waals surface area contributed by atoms with Crippen molar-refractivity contribution in [3.63, 3.8) is 0 Å². The molecule has 122 valence electrons. The summed E-state index contributed by atoms with van der Waals surface area (Å²) in [5, 5.41) is 2.72. The molecule has 0 bridgehead atoms. The zero-order chi connectivity index (χ0) is 16.7. The van der Waals surface area contributed by atoms with Crippen LogP contribution in [-0.4, -0.2) is 26.2 Å². The number of alkyl halides is 2. The van der Waals surface area contributed by atoms with Crippen LogP contribution in [-0.2, 0) is 4.74 Å². The fourth-order valence-corrected chi connectivity index (χ4v) is 2.11. The van der Waals surface area contributed by atoms with E-state index in [-0.39, 0.29) is 29.9 Å². The standard InChI is InChI=1S/C17H17F2NO3/c1-22-15(12-6-3-2-4-7-12)11-20-16(21)13-8-5-9-14(10-13)23-17(18)19/h2-10,15,17H,11H2,1H3,(H,20,21). The van der Waals surface area contributed by atoms with E-state index in [0.29, 0.717) is 0 Å². The van der Waals surface area contributed by atoms with E-state index in [4.69, 9.17) is 4.74 Å². The minimum absolute atomic E-state index is 0.0565. The summed E-state index contributed by atoms with van der Waals surface area (Å²) in [7, 11) is 1.56. The van der Waals surface area contributed by atoms with Gasteiger partial charge in [-0.15, -0.1) is 0 Å². The van der Waals surface area contributed by atoms with Gasteiger partial charge in [0.2, 0.25) is 0 Å². The van der Waals surface area contributed by atoms with Crippen LogP contribution < -0.4 is 10.1 Å². The van der Waals surface area contributed by atoms with Crippen LogP contribution in [0.4, 0.5) is 8.78 Å². The molecule has 1 N–H and O–H groups in total. The van der Waals surface area contributed by atoms with Crippen LogP contribution >= 0.6 is 0 Å². The van der Waals surface area contributed by atoms with Crippen molar-refractivity contribution in [1.29, 1.82) is 0 Å². The number of ether oxygens (including phenoxy) is 2. The highest BCUT2D eigenvalue weighted by Crippen LogP contribution is 2.17. The van der Waals surface area contributed by atoms with E-state index in [1.165, 1.54) is 24.3 Å². The predicted molar refractivity (Wildman–Crippen MR) is 81.6 cm³/mol. The number of benzene rings is 2. The monoisotopic (exact) mass is 321 g/mol. The zero-order valence-electron chi connectivity index (χ0n) is 12.5. The molecule has 0 aliphatic heterocycles. The van der Waals surface area contributed by atoms with Crippen LogP contribution in [0.1, 0.15) is 22.0 Å². The molecule has 2 aromatic carbocycles. The lowest BCUT2D eigenvalue weighted by Crippen LogP contribution is -2.29. The Labute approximate surface area is 133 Å². The van der Waals surface area contributed by atoms with Crippen LogP contribution in [0, 0.1) is 0 Å². The Morgan fingerprint density at radius 3 is 2.52 bits per heavy atom. The van der Waals surface area contributed by atoms with Gasteiger partial charge in [-0.2, -0.15) is 8.78 Å². The molecule has 2 aromatic rings. The van der Waals surface area contributed by atoms with Gasteiger partial charge in [0.05, 0.1) is 6.10 Å². The number of carbonyl (C=O) groups excluding carboxylic acids is 1. The minimum atomic E-state index is -2.93. The van der Waals surface area contributed by atoms with Crippen LogP contribution in [0.25, 0.3) is 0 Å². The number of hydrogen-bond donors (Lipinski definition) is 1. The predicted octanol–water partition coefficient (Wildman–Crippen LogP) is 3.41. The molecule has 0 aliphatic carbocycles. The molecule has 0 aliphatic rings. The van der Waals surface area contributed by atoms with E-state index < -0.39 is 6.61 Å². The Hall–Kier alpha value is -2.47. The van der Waals surface area contributed by atoms with E-state index in [1.54, 1.807) is 7.11 Å². The van der Waals surface area contributed by atoms with Gasteiger partial charge in [-0.25, -0.2) is 0 Å². The summed E-state index contributed by atoms with van der Waals surface area (Å²) >= 11 is 0. The quantitative estimate of drug-likeness (QED) is 0.850. The summed E-state index contributed by atoms with van der Waals surface area (Å²) in [5.41, 5.74) is 1.18. The first-order valence-corrected chi connectivity index (χ1v) is 7.01. The molecule has 0 fully saturated rings. The second-order valence-corrected chi connectivity index (χ2v) is 4.75. The average Bonchev–Trinajstić information content (AvgIpc) is 2.56. The molecule has 0 heterocycles. The van der Waals surface area contributed by atoms with Gasteiger partial charge in [0, 0.05) is 19.2 Å². The molecule has 1 amide bonds. The first-order valence-electron chi connectivity index (χ1n) is 7.01. The van der Waals surface area contributed by atoms with Gasteiger partial charge >= 0.3 is 6.61 Å². The van der Waals surface area contributed by atoms with Crippen molar-refractivity contribution in [2.24, 2.45) is 0 Å². The van der Waals surface area contributed by atoms with E-state index in [2.05, 4.69) is 10.1 Å². The first kappa shape index (κ1) is 16.9. The number of rotatable bonds is 7. The summed E-state index contributed by atoms with van der Waals surface area (Å²) in [4.78, 5) is 12.1. The van der Waals surface area contributed by atoms with Crippen molar-refractivity contribution in [2.75, 3.05) is 13.7 Å². The molecule has 6 heteroatoms. The molecule has 0 saturated carbocycles. The molecular formula is C17H17F2NO3. The van der Waals surface area contributed by atoms with Crippen molar-refractivity contribution < 1.29 is 23.0 Å². The fraction of sp³-hybridized carbons (Fsp3) is 0.235. The van der Waals surface area contributed by atoms with Crippen molar-refractivity contribution in [3.05, 3.63) is 65.7 Å². The van der Waals surface area contributed by atoms with Gasteiger partial charge in [0.1, 0.15) is 5.75 Å². The molecule has 4 nitrogen and oxygen atoms in total. The molecular weight excluding hydrogens is 304 g/mol. The van der Waals surface area contributed by atoms with Crippen LogP contribution in [0.3, 0.4) is 0 Å². The van der Waals surface area contributed by atoms with E-state index in [9.17, 15) is 13.6 Å². The molecule has 0 aromatic heterocycles. The van der Waals surface area contributed by atoms with E-state index in [0.717, 1.165) is 5.56 Å². The topological polar surface area (TPSA) is 47.6 Å². The Balaban J connectivity index is 1.99. The molecule has 0 spiro atoms. The highest BCUT2D eigenvalue weighted by molar-refractivity contribution is 5.94. The second kappa shape index (κ2) is 8.24. The van der Waals surface area contributed by atoms with Gasteiger partial charge in [-0.1, -0.05) is 36.4 Å². The van der Waals surface area contributed by atoms with Gasteiger partial charge < -0.3 is 14.8 Å². The maximum atomic E-state index is 12.2. The first-order chi connectivity index (χ1) is 11.1. The minimum Gasteiger partial charge on any atom is -0.435 e. The number of carbonyl (C=O) groups is 1. The second-order valence-electron chi connectivity index (χ2n) is 4.75. The van der Waals surface area contributed by atoms with Gasteiger partial charge in [0.15, 0.2) is 0 Å². The summed E-state index contributed by atoms with van der Waals surface area (Å²) in [6.07, 6.45) is -0.291. The lowest BCUT2D eigenvalue weighted by Gasteiger charge is -2.16. The molecule has 1 atom stereocenters. The lowest BCUT2D eigenvalue weighted by molar-refractivity contribution is -0.0498. The van der Waals surface area contributed by atoms with Crippen molar-refractivity contribution in [2.45, 2.75) is 12.7 Å². The number of methoxy groups -OCH3 is 1. The molecule has 0 saturated heterocycles.